The van der Waals surface area contributed by atoms with Crippen molar-refractivity contribution in [1.82, 2.24) is 14.9 Å². The summed E-state index contributed by atoms with van der Waals surface area (Å²) >= 11 is 0. The van der Waals surface area contributed by atoms with Crippen LogP contribution in [0.15, 0.2) is 42.6 Å². The van der Waals surface area contributed by atoms with E-state index in [1.54, 1.807) is 19.4 Å². The molecule has 0 spiro atoms. The van der Waals surface area contributed by atoms with E-state index in [1.165, 1.54) is 12.1 Å². The van der Waals surface area contributed by atoms with Crippen LogP contribution in [-0.4, -0.2) is 53.2 Å². The lowest BCUT2D eigenvalue weighted by Crippen LogP contribution is -2.37. The third-order valence-electron chi connectivity index (χ3n) is 5.33. The van der Waals surface area contributed by atoms with Crippen molar-refractivity contribution in [2.45, 2.75) is 32.8 Å². The van der Waals surface area contributed by atoms with Crippen molar-refractivity contribution in [1.29, 1.82) is 0 Å². The highest BCUT2D eigenvalue weighted by molar-refractivity contribution is 5.96. The number of fused-ring (bicyclic) bond motifs is 1. The van der Waals surface area contributed by atoms with E-state index in [-0.39, 0.29) is 18.3 Å². The van der Waals surface area contributed by atoms with Gasteiger partial charge in [0.25, 0.3) is 0 Å². The van der Waals surface area contributed by atoms with Crippen molar-refractivity contribution in [3.05, 3.63) is 54.1 Å². The summed E-state index contributed by atoms with van der Waals surface area (Å²) in [7, 11) is 1.57. The predicted octanol–water partition coefficient (Wildman–Crippen LogP) is 4.81. The lowest BCUT2D eigenvalue weighted by Gasteiger charge is -2.28. The third-order valence-corrected chi connectivity index (χ3v) is 5.33. The zero-order valence-corrected chi connectivity index (χ0v) is 18.9. The first-order valence-corrected chi connectivity index (χ1v) is 10.7. The van der Waals surface area contributed by atoms with Gasteiger partial charge < -0.3 is 14.5 Å². The summed E-state index contributed by atoms with van der Waals surface area (Å²) in [6, 6.07) is 8.38. The fraction of sp³-hybridized carbons (Fsp3) is 0.360. The van der Waals surface area contributed by atoms with Gasteiger partial charge >= 0.3 is 5.97 Å². The molecule has 3 aromatic rings. The lowest BCUT2D eigenvalue weighted by atomic mass is 10.0. The maximum Gasteiger partial charge on any atom is 0.320 e. The van der Waals surface area contributed by atoms with Crippen LogP contribution in [0, 0.1) is 5.82 Å². The number of nitrogens with zero attached hydrogens (tertiary/aromatic N) is 2. The topological polar surface area (TPSA) is 67.5 Å². The number of rotatable bonds is 5. The van der Waals surface area contributed by atoms with Gasteiger partial charge in [0.1, 0.15) is 22.8 Å². The predicted molar refractivity (Wildman–Crippen MR) is 123 cm³/mol. The van der Waals surface area contributed by atoms with Crippen LogP contribution in [-0.2, 0) is 9.53 Å². The molecule has 4 rings (SSSR count). The van der Waals surface area contributed by atoms with E-state index in [1.807, 2.05) is 32.9 Å². The number of halogens is 1. The molecule has 6 nitrogen and oxygen atoms in total. The number of pyridine rings is 1. The number of hydrogen-bond donors (Lipinski definition) is 1. The molecule has 7 heteroatoms. The average molecular weight is 438 g/mol. The molecular formula is C25H28FN3O3. The molecule has 1 N–H and O–H groups in total. The Morgan fingerprint density at radius 2 is 2.03 bits per heavy atom. The molecule has 0 amide bonds. The number of nitrogens with one attached hydrogen (secondary N) is 1. The van der Waals surface area contributed by atoms with Crippen molar-refractivity contribution in [3.8, 4) is 16.9 Å². The minimum absolute atomic E-state index is 0.224. The molecule has 0 atom stereocenters. The Kier molecular flexibility index (Phi) is 6.02. The van der Waals surface area contributed by atoms with Gasteiger partial charge in [-0.2, -0.15) is 0 Å². The van der Waals surface area contributed by atoms with Crippen molar-refractivity contribution in [3.63, 3.8) is 0 Å². The Hall–Kier alpha value is -3.19. The number of carbonyl (C=O) groups excluding carboxylic acids is 1. The van der Waals surface area contributed by atoms with E-state index in [0.717, 1.165) is 35.2 Å². The van der Waals surface area contributed by atoms with Gasteiger partial charge in [-0.15, -0.1) is 0 Å². The van der Waals surface area contributed by atoms with Gasteiger partial charge in [0.15, 0.2) is 0 Å². The second-order valence-corrected chi connectivity index (χ2v) is 8.96. The van der Waals surface area contributed by atoms with Crippen LogP contribution < -0.4 is 4.74 Å². The minimum Gasteiger partial charge on any atom is -0.496 e. The second kappa shape index (κ2) is 8.74. The van der Waals surface area contributed by atoms with Gasteiger partial charge in [-0.1, -0.05) is 6.08 Å². The van der Waals surface area contributed by atoms with E-state index in [9.17, 15) is 9.18 Å². The number of carbonyl (C=O) groups is 1. The summed E-state index contributed by atoms with van der Waals surface area (Å²) in [5.41, 5.74) is 3.77. The van der Waals surface area contributed by atoms with Crippen LogP contribution in [0.1, 0.15) is 32.9 Å². The molecule has 0 aliphatic carbocycles. The number of ether oxygens (including phenoxy) is 2. The van der Waals surface area contributed by atoms with Gasteiger partial charge in [-0.25, -0.2) is 9.37 Å². The third kappa shape index (κ3) is 4.83. The minimum atomic E-state index is -0.497. The summed E-state index contributed by atoms with van der Waals surface area (Å²) in [6.45, 7) is 7.29. The van der Waals surface area contributed by atoms with Gasteiger partial charge in [0.2, 0.25) is 0 Å². The highest BCUT2D eigenvalue weighted by Crippen LogP contribution is 2.36. The molecule has 0 bridgehead atoms. The van der Waals surface area contributed by atoms with Gasteiger partial charge in [-0.3, -0.25) is 9.69 Å². The number of aromatic amines is 1. The molecule has 0 unspecified atom stereocenters. The van der Waals surface area contributed by atoms with Crippen LogP contribution in [0.5, 0.6) is 5.75 Å². The standard InChI is InChI=1S/C25H28FN3O3/c1-25(2,3)32-23(30)15-29-11-5-6-16(14-29)21-13-20-18(9-10-27-24(20)28-21)19-12-17(26)7-8-22(19)31-4/h6-10,12-13H,5,11,14-15H2,1-4H3,(H,27,28). The molecule has 168 valence electrons. The SMILES string of the molecule is COc1ccc(F)cc1-c1ccnc2[nH]c(C3=CCCN(CC(=O)OC(C)(C)C)C3)cc12. The number of H-pyrrole nitrogens is 1. The normalized spacial score (nSPS) is 15.0. The van der Waals surface area contributed by atoms with Gasteiger partial charge in [0, 0.05) is 35.9 Å². The van der Waals surface area contributed by atoms with E-state index in [4.69, 9.17) is 9.47 Å². The molecule has 3 heterocycles. The van der Waals surface area contributed by atoms with E-state index < -0.39 is 5.60 Å². The Morgan fingerprint density at radius 1 is 1.22 bits per heavy atom. The van der Waals surface area contributed by atoms with Crippen LogP contribution in [0.4, 0.5) is 4.39 Å². The summed E-state index contributed by atoms with van der Waals surface area (Å²) in [5.74, 6) is 0.0499. The summed E-state index contributed by atoms with van der Waals surface area (Å²) in [6.07, 6.45) is 4.72. The Balaban J connectivity index is 1.61. The molecular weight excluding hydrogens is 409 g/mol. The van der Waals surface area contributed by atoms with Crippen molar-refractivity contribution < 1.29 is 18.7 Å². The van der Waals surface area contributed by atoms with Crippen molar-refractivity contribution in [2.75, 3.05) is 26.7 Å². The van der Waals surface area contributed by atoms with Crippen molar-refractivity contribution >= 4 is 22.6 Å². The summed E-state index contributed by atoms with van der Waals surface area (Å²) in [5, 5.41) is 0.886. The van der Waals surface area contributed by atoms with Crippen LogP contribution in [0.25, 0.3) is 27.7 Å². The maximum absolute atomic E-state index is 14.0. The molecule has 32 heavy (non-hydrogen) atoms. The number of hydrogen-bond acceptors (Lipinski definition) is 5. The zero-order chi connectivity index (χ0) is 22.9. The largest absolute Gasteiger partial charge is 0.496 e. The van der Waals surface area contributed by atoms with Crippen molar-refractivity contribution in [2.24, 2.45) is 0 Å². The second-order valence-electron chi connectivity index (χ2n) is 8.96. The molecule has 1 aliphatic rings. The first-order chi connectivity index (χ1) is 15.2. The molecule has 0 saturated carbocycles. The number of methoxy groups -OCH3 is 1. The lowest BCUT2D eigenvalue weighted by molar-refractivity contribution is -0.156. The molecule has 1 aliphatic heterocycles. The molecule has 0 radical (unpaired) electrons. The van der Waals surface area contributed by atoms with Gasteiger partial charge in [0.05, 0.1) is 13.7 Å². The first-order valence-electron chi connectivity index (χ1n) is 10.7. The fourth-order valence-corrected chi connectivity index (χ4v) is 4.02. The quantitative estimate of drug-likeness (QED) is 0.581. The smallest absolute Gasteiger partial charge is 0.320 e. The Morgan fingerprint density at radius 3 is 2.78 bits per heavy atom. The van der Waals surface area contributed by atoms with E-state index in [2.05, 4.69) is 20.9 Å². The summed E-state index contributed by atoms with van der Waals surface area (Å²) < 4.78 is 24.9. The monoisotopic (exact) mass is 437 g/mol. The van der Waals surface area contributed by atoms with Gasteiger partial charge in [-0.05, 0) is 68.7 Å². The maximum atomic E-state index is 14.0. The molecule has 0 saturated heterocycles. The Labute approximate surface area is 187 Å². The number of benzene rings is 1. The van der Waals surface area contributed by atoms with Crippen LogP contribution in [0.2, 0.25) is 0 Å². The van der Waals surface area contributed by atoms with E-state index >= 15 is 0 Å². The molecule has 0 fully saturated rings. The zero-order valence-electron chi connectivity index (χ0n) is 18.9. The first kappa shape index (κ1) is 22.0. The van der Waals surface area contributed by atoms with Crippen LogP contribution in [0.3, 0.4) is 0 Å². The Bertz CT molecular complexity index is 1180. The summed E-state index contributed by atoms with van der Waals surface area (Å²) in [4.78, 5) is 22.2. The number of aromatic nitrogens is 2. The average Bonchev–Trinajstić information content (AvgIpc) is 3.17. The molecule has 2 aromatic heterocycles. The van der Waals surface area contributed by atoms with E-state index in [0.29, 0.717) is 23.5 Å². The fourth-order valence-electron chi connectivity index (χ4n) is 4.02. The highest BCUT2D eigenvalue weighted by atomic mass is 19.1. The number of esters is 1. The molecule has 1 aromatic carbocycles. The highest BCUT2D eigenvalue weighted by Gasteiger charge is 2.22. The van der Waals surface area contributed by atoms with Crippen LogP contribution >= 0.6 is 0 Å².